The zero-order chi connectivity index (χ0) is 21.8. The van der Waals surface area contributed by atoms with Crippen LogP contribution < -0.4 is 24.7 Å². The van der Waals surface area contributed by atoms with E-state index >= 15 is 0 Å². The van der Waals surface area contributed by atoms with Crippen LogP contribution in [0.3, 0.4) is 0 Å². The highest BCUT2D eigenvalue weighted by Gasteiger charge is 2.29. The van der Waals surface area contributed by atoms with Crippen molar-refractivity contribution in [1.82, 2.24) is 9.78 Å². The Morgan fingerprint density at radius 2 is 1.77 bits per heavy atom. The second-order valence-corrected chi connectivity index (χ2v) is 7.08. The molecule has 1 aromatic heterocycles. The lowest BCUT2D eigenvalue weighted by molar-refractivity contribution is -0.121. The van der Waals surface area contributed by atoms with Crippen LogP contribution in [0.2, 0.25) is 0 Å². The average molecular weight is 421 g/mol. The number of fused-ring (bicyclic) bond motifs is 1. The summed E-state index contributed by atoms with van der Waals surface area (Å²) in [6, 6.07) is 15.2. The summed E-state index contributed by atoms with van der Waals surface area (Å²) < 4.78 is 17.4. The van der Waals surface area contributed by atoms with Gasteiger partial charge in [0.2, 0.25) is 0 Å². The maximum absolute atomic E-state index is 13.2. The molecule has 1 amide bonds. The number of anilines is 1. The van der Waals surface area contributed by atoms with E-state index in [9.17, 15) is 9.59 Å². The minimum Gasteiger partial charge on any atom is -0.493 e. The lowest BCUT2D eigenvalue weighted by Gasteiger charge is -2.28. The van der Waals surface area contributed by atoms with Crippen LogP contribution in [-0.2, 0) is 17.8 Å². The summed E-state index contributed by atoms with van der Waals surface area (Å²) in [5, 5.41) is 4.22. The summed E-state index contributed by atoms with van der Waals surface area (Å²) in [5.41, 5.74) is 1.76. The smallest absolute Gasteiger partial charge is 0.294 e. The van der Waals surface area contributed by atoms with Gasteiger partial charge in [-0.05, 0) is 29.7 Å². The number of hydrogen-bond donors (Lipinski definition) is 0. The summed E-state index contributed by atoms with van der Waals surface area (Å²) in [6.07, 6.45) is 2.03. The van der Waals surface area contributed by atoms with Crippen molar-refractivity contribution < 1.29 is 19.0 Å². The largest absolute Gasteiger partial charge is 0.493 e. The molecule has 31 heavy (non-hydrogen) atoms. The molecule has 0 spiro atoms. The lowest BCUT2D eigenvalue weighted by Crippen LogP contribution is -2.44. The standard InChI is InChI=1S/C23H23N3O5/c1-29-18-9-8-16(12-19(18)30-2)10-11-25-21(27)15-31-20-13-24-26(23(28)22(20)25)14-17-6-4-3-5-7-17/h3-9,12-13H,10-11,14-15H2,1-2H3. The van der Waals surface area contributed by atoms with E-state index in [1.165, 1.54) is 15.8 Å². The maximum Gasteiger partial charge on any atom is 0.294 e. The van der Waals surface area contributed by atoms with Crippen LogP contribution in [0.15, 0.2) is 59.5 Å². The third-order valence-corrected chi connectivity index (χ3v) is 5.15. The topological polar surface area (TPSA) is 82.9 Å². The van der Waals surface area contributed by atoms with E-state index in [2.05, 4.69) is 5.10 Å². The Hall–Kier alpha value is -3.81. The van der Waals surface area contributed by atoms with Crippen molar-refractivity contribution >= 4 is 11.6 Å². The van der Waals surface area contributed by atoms with Gasteiger partial charge in [-0.1, -0.05) is 36.4 Å². The number of carbonyl (C=O) groups excluding carboxylic acids is 1. The highest BCUT2D eigenvalue weighted by Crippen LogP contribution is 2.30. The molecule has 2 heterocycles. The van der Waals surface area contributed by atoms with Gasteiger partial charge in [-0.15, -0.1) is 0 Å². The first-order chi connectivity index (χ1) is 15.1. The summed E-state index contributed by atoms with van der Waals surface area (Å²) in [5.74, 6) is 1.31. The molecule has 4 rings (SSSR count). The average Bonchev–Trinajstić information content (AvgIpc) is 2.80. The number of rotatable bonds is 7. The van der Waals surface area contributed by atoms with Gasteiger partial charge < -0.3 is 19.1 Å². The Bertz CT molecular complexity index is 1140. The van der Waals surface area contributed by atoms with Gasteiger partial charge in [0.05, 0.1) is 27.0 Å². The van der Waals surface area contributed by atoms with Crippen molar-refractivity contribution in [3.63, 3.8) is 0 Å². The van der Waals surface area contributed by atoms with Gasteiger partial charge in [-0.3, -0.25) is 9.59 Å². The molecule has 0 aliphatic carbocycles. The van der Waals surface area contributed by atoms with Crippen molar-refractivity contribution in [2.75, 3.05) is 32.3 Å². The van der Waals surface area contributed by atoms with Crippen molar-refractivity contribution in [2.45, 2.75) is 13.0 Å². The number of benzene rings is 2. The van der Waals surface area contributed by atoms with Gasteiger partial charge in [0.15, 0.2) is 29.5 Å². The van der Waals surface area contributed by atoms with Crippen LogP contribution in [-0.4, -0.2) is 43.1 Å². The Kier molecular flexibility index (Phi) is 5.88. The predicted octanol–water partition coefficient (Wildman–Crippen LogP) is 2.28. The summed E-state index contributed by atoms with van der Waals surface area (Å²) in [6.45, 7) is 0.517. The number of hydrogen-bond acceptors (Lipinski definition) is 6. The van der Waals surface area contributed by atoms with E-state index in [0.29, 0.717) is 36.8 Å². The number of nitrogens with zero attached hydrogens (tertiary/aromatic N) is 3. The Morgan fingerprint density at radius 3 is 2.52 bits per heavy atom. The molecule has 1 aliphatic heterocycles. The minimum atomic E-state index is -0.360. The number of carbonyl (C=O) groups is 1. The first kappa shape index (κ1) is 20.5. The van der Waals surface area contributed by atoms with Gasteiger partial charge in [0.25, 0.3) is 11.5 Å². The number of methoxy groups -OCH3 is 2. The second-order valence-electron chi connectivity index (χ2n) is 7.08. The molecule has 3 aromatic rings. The molecule has 2 aromatic carbocycles. The van der Waals surface area contributed by atoms with E-state index in [1.54, 1.807) is 14.2 Å². The summed E-state index contributed by atoms with van der Waals surface area (Å²) in [7, 11) is 3.15. The SMILES string of the molecule is COc1ccc(CCN2C(=O)COc3cnn(Cc4ccccc4)c(=O)c32)cc1OC. The summed E-state index contributed by atoms with van der Waals surface area (Å²) >= 11 is 0. The van der Waals surface area contributed by atoms with Crippen molar-refractivity contribution in [3.05, 3.63) is 76.2 Å². The minimum absolute atomic E-state index is 0.122. The van der Waals surface area contributed by atoms with E-state index in [0.717, 1.165) is 11.1 Å². The van der Waals surface area contributed by atoms with E-state index in [-0.39, 0.29) is 23.8 Å². The van der Waals surface area contributed by atoms with Gasteiger partial charge in [-0.25, -0.2) is 4.68 Å². The van der Waals surface area contributed by atoms with E-state index in [1.807, 2.05) is 48.5 Å². The Morgan fingerprint density at radius 1 is 1.00 bits per heavy atom. The fraction of sp³-hybridized carbons (Fsp3) is 0.261. The number of aromatic nitrogens is 2. The Balaban J connectivity index is 1.60. The molecular weight excluding hydrogens is 398 g/mol. The predicted molar refractivity (Wildman–Crippen MR) is 115 cm³/mol. The highest BCUT2D eigenvalue weighted by atomic mass is 16.5. The molecule has 0 saturated heterocycles. The fourth-order valence-electron chi connectivity index (χ4n) is 3.54. The molecule has 0 atom stereocenters. The molecule has 0 radical (unpaired) electrons. The zero-order valence-electron chi connectivity index (χ0n) is 17.4. The van der Waals surface area contributed by atoms with Crippen LogP contribution in [0.25, 0.3) is 0 Å². The molecule has 0 saturated carbocycles. The molecule has 0 N–H and O–H groups in total. The van der Waals surface area contributed by atoms with E-state index < -0.39 is 0 Å². The molecular formula is C23H23N3O5. The van der Waals surface area contributed by atoms with Gasteiger partial charge >= 0.3 is 0 Å². The van der Waals surface area contributed by atoms with Crippen molar-refractivity contribution in [3.8, 4) is 17.2 Å². The van der Waals surface area contributed by atoms with Crippen molar-refractivity contribution in [1.29, 1.82) is 0 Å². The van der Waals surface area contributed by atoms with Gasteiger partial charge in [0.1, 0.15) is 0 Å². The lowest BCUT2D eigenvalue weighted by atomic mass is 10.1. The normalized spacial score (nSPS) is 12.8. The number of amides is 1. The summed E-state index contributed by atoms with van der Waals surface area (Å²) in [4.78, 5) is 27.3. The van der Waals surface area contributed by atoms with Crippen LogP contribution >= 0.6 is 0 Å². The first-order valence-corrected chi connectivity index (χ1v) is 9.89. The second kappa shape index (κ2) is 8.91. The maximum atomic E-state index is 13.2. The zero-order valence-corrected chi connectivity index (χ0v) is 17.4. The van der Waals surface area contributed by atoms with Gasteiger partial charge in [0, 0.05) is 6.54 Å². The van der Waals surface area contributed by atoms with Crippen LogP contribution in [0.4, 0.5) is 5.69 Å². The molecule has 0 unspecified atom stereocenters. The third kappa shape index (κ3) is 4.23. The Labute approximate surface area is 179 Å². The first-order valence-electron chi connectivity index (χ1n) is 9.89. The highest BCUT2D eigenvalue weighted by molar-refractivity contribution is 5.97. The van der Waals surface area contributed by atoms with Crippen LogP contribution in [0.5, 0.6) is 17.2 Å². The molecule has 160 valence electrons. The molecule has 8 heteroatoms. The monoisotopic (exact) mass is 421 g/mol. The fourth-order valence-corrected chi connectivity index (χ4v) is 3.54. The quantitative estimate of drug-likeness (QED) is 0.582. The van der Waals surface area contributed by atoms with Gasteiger partial charge in [-0.2, -0.15) is 5.10 Å². The van der Waals surface area contributed by atoms with Crippen LogP contribution in [0, 0.1) is 0 Å². The van der Waals surface area contributed by atoms with E-state index in [4.69, 9.17) is 14.2 Å². The number of ether oxygens (including phenoxy) is 3. The molecule has 1 aliphatic rings. The third-order valence-electron chi connectivity index (χ3n) is 5.15. The van der Waals surface area contributed by atoms with Crippen molar-refractivity contribution in [2.24, 2.45) is 0 Å². The molecule has 0 fully saturated rings. The van der Waals surface area contributed by atoms with Crippen LogP contribution in [0.1, 0.15) is 11.1 Å². The molecule has 0 bridgehead atoms. The molecule has 8 nitrogen and oxygen atoms in total.